The van der Waals surface area contributed by atoms with Crippen molar-refractivity contribution in [1.82, 2.24) is 15.3 Å². The number of ether oxygens (including phenoxy) is 1. The average Bonchev–Trinajstić information content (AvgIpc) is 3.09. The summed E-state index contributed by atoms with van der Waals surface area (Å²) < 4.78 is 5.27. The molecule has 0 aromatic carbocycles. The summed E-state index contributed by atoms with van der Waals surface area (Å²) in [5, 5.41) is 3.44. The van der Waals surface area contributed by atoms with Gasteiger partial charge in [0.15, 0.2) is 0 Å². The second-order valence-corrected chi connectivity index (χ2v) is 4.02. The summed E-state index contributed by atoms with van der Waals surface area (Å²) in [4.78, 5) is 8.44. The van der Waals surface area contributed by atoms with Crippen LogP contribution < -0.4 is 10.1 Å². The first-order chi connectivity index (χ1) is 7.79. The maximum atomic E-state index is 5.27. The van der Waals surface area contributed by atoms with Crippen molar-refractivity contribution in [3.8, 4) is 6.01 Å². The molecule has 0 spiro atoms. The van der Waals surface area contributed by atoms with Gasteiger partial charge in [0, 0.05) is 30.0 Å². The minimum atomic E-state index is 0.424. The second-order valence-electron chi connectivity index (χ2n) is 4.02. The van der Waals surface area contributed by atoms with E-state index in [1.807, 2.05) is 13.1 Å². The Morgan fingerprint density at radius 2 is 2.44 bits per heavy atom. The molecule has 0 atom stereocenters. The smallest absolute Gasteiger partial charge is 0.316 e. The van der Waals surface area contributed by atoms with Gasteiger partial charge in [-0.05, 0) is 19.8 Å². The zero-order chi connectivity index (χ0) is 11.4. The van der Waals surface area contributed by atoms with Gasteiger partial charge in [-0.1, -0.05) is 12.7 Å². The fourth-order valence-corrected chi connectivity index (χ4v) is 1.39. The first kappa shape index (κ1) is 11.1. The lowest BCUT2D eigenvalue weighted by Crippen LogP contribution is -2.16. The number of nitrogens with zero attached hydrogens (tertiary/aromatic N) is 2. The predicted molar refractivity (Wildman–Crippen MR) is 62.3 cm³/mol. The third-order valence-electron chi connectivity index (χ3n) is 2.55. The van der Waals surface area contributed by atoms with Gasteiger partial charge < -0.3 is 10.1 Å². The van der Waals surface area contributed by atoms with Crippen molar-refractivity contribution in [3.05, 3.63) is 30.1 Å². The molecule has 16 heavy (non-hydrogen) atoms. The Labute approximate surface area is 95.8 Å². The highest BCUT2D eigenvalue weighted by atomic mass is 16.5. The first-order valence-electron chi connectivity index (χ1n) is 5.59. The van der Waals surface area contributed by atoms with Crippen LogP contribution in [-0.2, 0) is 6.54 Å². The highest BCUT2D eigenvalue weighted by molar-refractivity contribution is 5.18. The van der Waals surface area contributed by atoms with Crippen LogP contribution in [0.1, 0.15) is 24.1 Å². The first-order valence-corrected chi connectivity index (χ1v) is 5.59. The summed E-state index contributed by atoms with van der Waals surface area (Å²) in [5.74, 6) is 0. The Morgan fingerprint density at radius 1 is 1.62 bits per heavy atom. The summed E-state index contributed by atoms with van der Waals surface area (Å²) in [6, 6.07) is 1.13. The Morgan fingerprint density at radius 3 is 3.06 bits per heavy atom. The molecule has 1 N–H and O–H groups in total. The maximum Gasteiger partial charge on any atom is 0.316 e. The van der Waals surface area contributed by atoms with Crippen molar-refractivity contribution in [2.75, 3.05) is 6.61 Å². The topological polar surface area (TPSA) is 47.0 Å². The summed E-state index contributed by atoms with van der Waals surface area (Å²) in [6.45, 7) is 6.85. The number of hydrogen-bond acceptors (Lipinski definition) is 4. The Balaban J connectivity index is 1.94. The monoisotopic (exact) mass is 219 g/mol. The normalized spacial score (nSPS) is 14.8. The molecule has 0 aliphatic heterocycles. The molecule has 1 aromatic rings. The van der Waals surface area contributed by atoms with Crippen LogP contribution in [0.25, 0.3) is 0 Å². The zero-order valence-corrected chi connectivity index (χ0v) is 9.57. The minimum Gasteiger partial charge on any atom is -0.459 e. The number of aromatic nitrogens is 2. The van der Waals surface area contributed by atoms with E-state index >= 15 is 0 Å². The van der Waals surface area contributed by atoms with Gasteiger partial charge in [-0.2, -0.15) is 0 Å². The van der Waals surface area contributed by atoms with Crippen LogP contribution in [0.5, 0.6) is 6.01 Å². The average molecular weight is 219 g/mol. The fourth-order valence-electron chi connectivity index (χ4n) is 1.39. The van der Waals surface area contributed by atoms with Crippen LogP contribution in [-0.4, -0.2) is 22.6 Å². The molecule has 4 nitrogen and oxygen atoms in total. The predicted octanol–water partition coefficient (Wildman–Crippen LogP) is 1.60. The maximum absolute atomic E-state index is 5.27. The molecule has 0 unspecified atom stereocenters. The molecule has 1 aliphatic rings. The van der Waals surface area contributed by atoms with E-state index in [0.717, 1.165) is 17.8 Å². The van der Waals surface area contributed by atoms with Crippen molar-refractivity contribution in [1.29, 1.82) is 0 Å². The standard InChI is InChI=1S/C12H17N3O/c1-3-6-16-12-14-8-10(9(2)15-12)7-13-11-4-5-11/h3,8,11,13H,1,4-7H2,2H3. The van der Waals surface area contributed by atoms with Crippen LogP contribution in [0, 0.1) is 6.92 Å². The summed E-state index contributed by atoms with van der Waals surface area (Å²) >= 11 is 0. The van der Waals surface area contributed by atoms with E-state index in [0.29, 0.717) is 18.7 Å². The van der Waals surface area contributed by atoms with Crippen LogP contribution in [0.3, 0.4) is 0 Å². The van der Waals surface area contributed by atoms with E-state index in [2.05, 4.69) is 21.9 Å². The molecule has 0 amide bonds. The van der Waals surface area contributed by atoms with Crippen molar-refractivity contribution in [3.63, 3.8) is 0 Å². The largest absolute Gasteiger partial charge is 0.459 e. The molecular weight excluding hydrogens is 202 g/mol. The van der Waals surface area contributed by atoms with E-state index in [1.165, 1.54) is 12.8 Å². The molecular formula is C12H17N3O. The summed E-state index contributed by atoms with van der Waals surface area (Å²) in [6.07, 6.45) is 6.10. The van der Waals surface area contributed by atoms with Gasteiger partial charge in [-0.25, -0.2) is 9.97 Å². The number of nitrogens with one attached hydrogen (secondary N) is 1. The highest BCUT2D eigenvalue weighted by Gasteiger charge is 2.20. The fraction of sp³-hybridized carbons (Fsp3) is 0.500. The second kappa shape index (κ2) is 5.07. The Bertz CT molecular complexity index is 375. The van der Waals surface area contributed by atoms with Crippen molar-refractivity contribution in [2.45, 2.75) is 32.4 Å². The SMILES string of the molecule is C=CCOc1ncc(CNC2CC2)c(C)n1. The Kier molecular flexibility index (Phi) is 3.51. The van der Waals surface area contributed by atoms with Crippen LogP contribution in [0.4, 0.5) is 0 Å². The van der Waals surface area contributed by atoms with Gasteiger partial charge in [-0.15, -0.1) is 0 Å². The van der Waals surface area contributed by atoms with Crippen LogP contribution in [0.2, 0.25) is 0 Å². The lowest BCUT2D eigenvalue weighted by molar-refractivity contribution is 0.331. The third kappa shape index (κ3) is 3.03. The van der Waals surface area contributed by atoms with Gasteiger partial charge in [0.05, 0.1) is 0 Å². The molecule has 0 radical (unpaired) electrons. The molecule has 4 heteroatoms. The zero-order valence-electron chi connectivity index (χ0n) is 9.57. The highest BCUT2D eigenvalue weighted by Crippen LogP contribution is 2.19. The van der Waals surface area contributed by atoms with Crippen molar-refractivity contribution < 1.29 is 4.74 Å². The quantitative estimate of drug-likeness (QED) is 0.738. The van der Waals surface area contributed by atoms with Gasteiger partial charge in [0.25, 0.3) is 0 Å². The molecule has 86 valence electrons. The lowest BCUT2D eigenvalue weighted by Gasteiger charge is -2.07. The number of rotatable bonds is 6. The molecule has 2 rings (SSSR count). The van der Waals surface area contributed by atoms with E-state index in [-0.39, 0.29) is 0 Å². The van der Waals surface area contributed by atoms with E-state index in [4.69, 9.17) is 4.74 Å². The van der Waals surface area contributed by atoms with Gasteiger partial charge in [0.1, 0.15) is 6.61 Å². The molecule has 1 fully saturated rings. The van der Waals surface area contributed by atoms with Gasteiger partial charge >= 0.3 is 6.01 Å². The van der Waals surface area contributed by atoms with E-state index in [1.54, 1.807) is 6.08 Å². The molecule has 1 aromatic heterocycles. The summed E-state index contributed by atoms with van der Waals surface area (Å²) in [7, 11) is 0. The van der Waals surface area contributed by atoms with Crippen LogP contribution >= 0.6 is 0 Å². The van der Waals surface area contributed by atoms with Crippen molar-refractivity contribution in [2.24, 2.45) is 0 Å². The van der Waals surface area contributed by atoms with E-state index in [9.17, 15) is 0 Å². The van der Waals surface area contributed by atoms with E-state index < -0.39 is 0 Å². The Hall–Kier alpha value is -1.42. The molecule has 0 saturated heterocycles. The third-order valence-corrected chi connectivity index (χ3v) is 2.55. The lowest BCUT2D eigenvalue weighted by atomic mass is 10.2. The van der Waals surface area contributed by atoms with Gasteiger partial charge in [-0.3, -0.25) is 0 Å². The molecule has 0 bridgehead atoms. The van der Waals surface area contributed by atoms with Crippen LogP contribution in [0.15, 0.2) is 18.9 Å². The molecule has 1 heterocycles. The summed E-state index contributed by atoms with van der Waals surface area (Å²) in [5.41, 5.74) is 2.11. The number of hydrogen-bond donors (Lipinski definition) is 1. The molecule has 1 saturated carbocycles. The molecule has 1 aliphatic carbocycles. The number of aryl methyl sites for hydroxylation is 1. The van der Waals surface area contributed by atoms with Crippen molar-refractivity contribution >= 4 is 0 Å². The van der Waals surface area contributed by atoms with Gasteiger partial charge in [0.2, 0.25) is 0 Å². The minimum absolute atomic E-state index is 0.424.